The van der Waals surface area contributed by atoms with Gasteiger partial charge < -0.3 is 5.32 Å². The molecule has 0 saturated heterocycles. The van der Waals surface area contributed by atoms with Crippen molar-refractivity contribution in [2.75, 3.05) is 11.9 Å². The van der Waals surface area contributed by atoms with E-state index in [1.165, 1.54) is 16.7 Å². The van der Waals surface area contributed by atoms with Gasteiger partial charge in [-0.15, -0.1) is 0 Å². The molecule has 3 aromatic carbocycles. The van der Waals surface area contributed by atoms with Crippen LogP contribution >= 0.6 is 23.2 Å². The van der Waals surface area contributed by atoms with E-state index in [2.05, 4.69) is 53.8 Å². The standard InChI is InChI=1S/C24H19Cl2N3/c25-18-13-19(26)15-20(14-18)29-24-21(11-12-27-24)23(28-29)22(16-7-3-1-4-8-16)17-9-5-2-6-10-17/h1-10,13-15,22,27H,11-12H2. The van der Waals surface area contributed by atoms with Gasteiger partial charge in [0.25, 0.3) is 0 Å². The number of fused-ring (bicyclic) bond motifs is 1. The zero-order valence-corrected chi connectivity index (χ0v) is 17.2. The molecule has 0 saturated carbocycles. The van der Waals surface area contributed by atoms with Gasteiger partial charge in [-0.25, -0.2) is 4.68 Å². The second-order valence-electron chi connectivity index (χ2n) is 7.18. The van der Waals surface area contributed by atoms with Crippen LogP contribution in [0.25, 0.3) is 5.69 Å². The number of hydrogen-bond donors (Lipinski definition) is 1. The third-order valence-corrected chi connectivity index (χ3v) is 5.75. The molecule has 0 spiro atoms. The van der Waals surface area contributed by atoms with Gasteiger partial charge in [-0.05, 0) is 35.7 Å². The van der Waals surface area contributed by atoms with Crippen molar-refractivity contribution < 1.29 is 0 Å². The number of rotatable bonds is 4. The van der Waals surface area contributed by atoms with E-state index in [0.29, 0.717) is 10.0 Å². The van der Waals surface area contributed by atoms with Gasteiger partial charge >= 0.3 is 0 Å². The molecule has 5 rings (SSSR count). The fourth-order valence-electron chi connectivity index (χ4n) is 4.08. The molecular formula is C24H19Cl2N3. The molecule has 0 fully saturated rings. The topological polar surface area (TPSA) is 29.9 Å². The second kappa shape index (κ2) is 7.58. The second-order valence-corrected chi connectivity index (χ2v) is 8.06. The number of benzene rings is 3. The van der Waals surface area contributed by atoms with Crippen molar-refractivity contribution in [2.24, 2.45) is 0 Å². The SMILES string of the molecule is Clc1cc(Cl)cc(-n2nc(C(c3ccccc3)c3ccccc3)c3c2NCC3)c1. The largest absolute Gasteiger partial charge is 0.369 e. The van der Waals surface area contributed by atoms with Gasteiger partial charge in [-0.3, -0.25) is 0 Å². The molecule has 0 aliphatic carbocycles. The number of nitrogens with one attached hydrogen (secondary N) is 1. The Kier molecular flexibility index (Phi) is 4.78. The summed E-state index contributed by atoms with van der Waals surface area (Å²) in [5.41, 5.74) is 5.63. The van der Waals surface area contributed by atoms with Crippen LogP contribution in [0, 0.1) is 0 Å². The van der Waals surface area contributed by atoms with Gasteiger partial charge in [0.2, 0.25) is 0 Å². The van der Waals surface area contributed by atoms with Gasteiger partial charge in [-0.2, -0.15) is 5.10 Å². The molecule has 0 unspecified atom stereocenters. The predicted octanol–water partition coefficient (Wildman–Crippen LogP) is 6.33. The van der Waals surface area contributed by atoms with Crippen molar-refractivity contribution in [1.82, 2.24) is 9.78 Å². The number of hydrogen-bond acceptors (Lipinski definition) is 2. The van der Waals surface area contributed by atoms with Crippen molar-refractivity contribution in [2.45, 2.75) is 12.3 Å². The molecule has 2 heterocycles. The molecule has 0 bridgehead atoms. The van der Waals surface area contributed by atoms with Crippen LogP contribution in [-0.4, -0.2) is 16.3 Å². The summed E-state index contributed by atoms with van der Waals surface area (Å²) in [5, 5.41) is 9.77. The minimum absolute atomic E-state index is 0.0574. The highest BCUT2D eigenvalue weighted by Crippen LogP contribution is 2.39. The van der Waals surface area contributed by atoms with E-state index in [9.17, 15) is 0 Å². The fraction of sp³-hybridized carbons (Fsp3) is 0.125. The molecule has 0 amide bonds. The van der Waals surface area contributed by atoms with Crippen LogP contribution in [0.3, 0.4) is 0 Å². The third-order valence-electron chi connectivity index (χ3n) is 5.31. The van der Waals surface area contributed by atoms with Crippen molar-refractivity contribution in [3.63, 3.8) is 0 Å². The van der Waals surface area contributed by atoms with Crippen LogP contribution < -0.4 is 5.32 Å². The highest BCUT2D eigenvalue weighted by molar-refractivity contribution is 6.34. The summed E-state index contributed by atoms with van der Waals surface area (Å²) in [6.45, 7) is 0.894. The Hall–Kier alpha value is -2.75. The van der Waals surface area contributed by atoms with Crippen LogP contribution in [0.5, 0.6) is 0 Å². The molecule has 1 N–H and O–H groups in total. The minimum atomic E-state index is 0.0574. The lowest BCUT2D eigenvalue weighted by Gasteiger charge is -2.17. The molecule has 0 atom stereocenters. The quantitative estimate of drug-likeness (QED) is 0.418. The first-order chi connectivity index (χ1) is 14.2. The van der Waals surface area contributed by atoms with Gasteiger partial charge in [-0.1, -0.05) is 83.9 Å². The average Bonchev–Trinajstić information content (AvgIpc) is 3.33. The maximum absolute atomic E-state index is 6.27. The van der Waals surface area contributed by atoms with Crippen LogP contribution in [0.2, 0.25) is 10.0 Å². The van der Waals surface area contributed by atoms with Crippen LogP contribution in [0.15, 0.2) is 78.9 Å². The first-order valence-corrected chi connectivity index (χ1v) is 10.4. The van der Waals surface area contributed by atoms with Crippen LogP contribution in [-0.2, 0) is 6.42 Å². The zero-order chi connectivity index (χ0) is 19.8. The number of nitrogens with zero attached hydrogens (tertiary/aromatic N) is 2. The van der Waals surface area contributed by atoms with E-state index in [0.717, 1.165) is 30.2 Å². The summed E-state index contributed by atoms with van der Waals surface area (Å²) in [6, 6.07) is 26.6. The number of halogens is 2. The monoisotopic (exact) mass is 419 g/mol. The fourth-order valence-corrected chi connectivity index (χ4v) is 4.60. The molecule has 1 aliphatic rings. The van der Waals surface area contributed by atoms with E-state index >= 15 is 0 Å². The highest BCUT2D eigenvalue weighted by atomic mass is 35.5. The van der Waals surface area contributed by atoms with Crippen LogP contribution in [0.4, 0.5) is 5.82 Å². The Morgan fingerprint density at radius 2 is 1.41 bits per heavy atom. The summed E-state index contributed by atoms with van der Waals surface area (Å²) in [6.07, 6.45) is 0.940. The van der Waals surface area contributed by atoms with E-state index in [1.54, 1.807) is 6.07 Å². The van der Waals surface area contributed by atoms with Crippen molar-refractivity contribution in [1.29, 1.82) is 0 Å². The Morgan fingerprint density at radius 1 is 0.828 bits per heavy atom. The molecular weight excluding hydrogens is 401 g/mol. The molecule has 3 nitrogen and oxygen atoms in total. The Morgan fingerprint density at radius 3 is 2.00 bits per heavy atom. The molecule has 1 aliphatic heterocycles. The van der Waals surface area contributed by atoms with Gasteiger partial charge in [0.1, 0.15) is 5.82 Å². The van der Waals surface area contributed by atoms with E-state index < -0.39 is 0 Å². The summed E-state index contributed by atoms with van der Waals surface area (Å²) < 4.78 is 1.94. The van der Waals surface area contributed by atoms with E-state index in [1.807, 2.05) is 28.9 Å². The molecule has 0 radical (unpaired) electrons. The lowest BCUT2D eigenvalue weighted by molar-refractivity contribution is 0.802. The lowest BCUT2D eigenvalue weighted by atomic mass is 9.86. The number of anilines is 1. The van der Waals surface area contributed by atoms with Gasteiger partial charge in [0.05, 0.1) is 17.3 Å². The minimum Gasteiger partial charge on any atom is -0.369 e. The third kappa shape index (κ3) is 3.41. The maximum atomic E-state index is 6.27. The predicted molar refractivity (Wildman–Crippen MR) is 120 cm³/mol. The van der Waals surface area contributed by atoms with Crippen molar-refractivity contribution >= 4 is 29.0 Å². The van der Waals surface area contributed by atoms with E-state index in [-0.39, 0.29) is 5.92 Å². The van der Waals surface area contributed by atoms with Gasteiger partial charge in [0.15, 0.2) is 0 Å². The van der Waals surface area contributed by atoms with Crippen LogP contribution in [0.1, 0.15) is 28.3 Å². The Balaban J connectivity index is 1.72. The highest BCUT2D eigenvalue weighted by Gasteiger charge is 2.29. The van der Waals surface area contributed by atoms with E-state index in [4.69, 9.17) is 28.3 Å². The maximum Gasteiger partial charge on any atom is 0.133 e. The summed E-state index contributed by atoms with van der Waals surface area (Å²) in [4.78, 5) is 0. The smallest absolute Gasteiger partial charge is 0.133 e. The molecule has 1 aromatic heterocycles. The first kappa shape index (κ1) is 18.3. The zero-order valence-electron chi connectivity index (χ0n) is 15.6. The summed E-state index contributed by atoms with van der Waals surface area (Å²) in [5.74, 6) is 1.08. The molecule has 29 heavy (non-hydrogen) atoms. The summed E-state index contributed by atoms with van der Waals surface area (Å²) >= 11 is 12.5. The Bertz CT molecular complexity index is 1090. The average molecular weight is 420 g/mol. The normalized spacial score (nSPS) is 12.8. The number of aromatic nitrogens is 2. The van der Waals surface area contributed by atoms with Gasteiger partial charge in [0, 0.05) is 22.2 Å². The Labute approximate surface area is 179 Å². The van der Waals surface area contributed by atoms with Crippen molar-refractivity contribution in [3.05, 3.63) is 111 Å². The lowest BCUT2D eigenvalue weighted by Crippen LogP contribution is -2.09. The molecule has 144 valence electrons. The molecule has 5 heteroatoms. The summed E-state index contributed by atoms with van der Waals surface area (Å²) in [7, 11) is 0. The first-order valence-electron chi connectivity index (χ1n) is 9.63. The van der Waals surface area contributed by atoms with Crippen molar-refractivity contribution in [3.8, 4) is 5.69 Å². The molecule has 4 aromatic rings.